The van der Waals surface area contributed by atoms with Gasteiger partial charge in [-0.25, -0.2) is 4.98 Å². The molecule has 4 heteroatoms. The average Bonchev–Trinajstić information content (AvgIpc) is 2.93. The highest BCUT2D eigenvalue weighted by atomic mass is 35.5. The van der Waals surface area contributed by atoms with Crippen LogP contribution in [0.4, 0.5) is 0 Å². The van der Waals surface area contributed by atoms with E-state index in [9.17, 15) is 0 Å². The van der Waals surface area contributed by atoms with Crippen molar-refractivity contribution >= 4 is 11.6 Å². The van der Waals surface area contributed by atoms with Gasteiger partial charge in [0.05, 0.1) is 17.1 Å². The Labute approximate surface area is 110 Å². The number of hydrogen-bond acceptors (Lipinski definition) is 2. The minimum atomic E-state index is 0.460. The predicted molar refractivity (Wildman–Crippen MR) is 71.8 cm³/mol. The van der Waals surface area contributed by atoms with Gasteiger partial charge in [0, 0.05) is 18.6 Å². The van der Waals surface area contributed by atoms with Gasteiger partial charge < -0.3 is 4.57 Å². The fourth-order valence-corrected chi connectivity index (χ4v) is 1.99. The quantitative estimate of drug-likeness (QED) is 0.655. The summed E-state index contributed by atoms with van der Waals surface area (Å²) in [4.78, 5) is 8.59. The zero-order valence-corrected chi connectivity index (χ0v) is 10.2. The molecule has 0 amide bonds. The molecule has 0 saturated heterocycles. The van der Waals surface area contributed by atoms with Crippen LogP contribution in [0.1, 0.15) is 0 Å². The van der Waals surface area contributed by atoms with Crippen LogP contribution in [0.2, 0.25) is 5.15 Å². The van der Waals surface area contributed by atoms with Crippen molar-refractivity contribution in [2.45, 2.75) is 0 Å². The third-order valence-electron chi connectivity index (χ3n) is 2.61. The van der Waals surface area contributed by atoms with E-state index in [1.807, 2.05) is 59.4 Å². The summed E-state index contributed by atoms with van der Waals surface area (Å²) in [5.41, 5.74) is 2.56. The molecule has 3 aromatic heterocycles. The van der Waals surface area contributed by atoms with Gasteiger partial charge in [0.15, 0.2) is 0 Å². The van der Waals surface area contributed by atoms with Gasteiger partial charge in [-0.15, -0.1) is 0 Å². The summed E-state index contributed by atoms with van der Waals surface area (Å²) < 4.78 is 1.99. The smallest absolute Gasteiger partial charge is 0.131 e. The number of nitrogens with zero attached hydrogens (tertiary/aromatic N) is 3. The largest absolute Gasteiger partial charge is 0.324 e. The van der Waals surface area contributed by atoms with Gasteiger partial charge in [0.1, 0.15) is 5.15 Å². The van der Waals surface area contributed by atoms with Crippen molar-refractivity contribution in [1.82, 2.24) is 14.5 Å². The topological polar surface area (TPSA) is 30.7 Å². The predicted octanol–water partition coefficient (Wildman–Crippen LogP) is 3.59. The molecule has 0 radical (unpaired) electrons. The second-order valence-corrected chi connectivity index (χ2v) is 4.23. The van der Waals surface area contributed by atoms with Gasteiger partial charge in [-0.2, -0.15) is 0 Å². The fourth-order valence-electron chi connectivity index (χ4n) is 1.78. The lowest BCUT2D eigenvalue weighted by Gasteiger charge is -2.06. The lowest BCUT2D eigenvalue weighted by molar-refractivity contribution is 1.07. The van der Waals surface area contributed by atoms with Crippen LogP contribution < -0.4 is 0 Å². The summed E-state index contributed by atoms with van der Waals surface area (Å²) in [6.07, 6.45) is 5.68. The Morgan fingerprint density at radius 1 is 0.944 bits per heavy atom. The van der Waals surface area contributed by atoms with Gasteiger partial charge in [-0.3, -0.25) is 4.98 Å². The van der Waals surface area contributed by atoms with E-state index in [0.717, 1.165) is 17.1 Å². The normalized spacial score (nSPS) is 10.5. The summed E-state index contributed by atoms with van der Waals surface area (Å²) in [6, 6.07) is 13.4. The lowest BCUT2D eigenvalue weighted by Crippen LogP contribution is -1.94. The Kier molecular flexibility index (Phi) is 2.82. The average molecular weight is 256 g/mol. The van der Waals surface area contributed by atoms with Crippen LogP contribution in [0.5, 0.6) is 0 Å². The summed E-state index contributed by atoms with van der Waals surface area (Å²) in [5, 5.41) is 0.460. The van der Waals surface area contributed by atoms with Crippen LogP contribution in [0.25, 0.3) is 17.1 Å². The first-order valence-corrected chi connectivity index (χ1v) is 5.93. The highest BCUT2D eigenvalue weighted by Crippen LogP contribution is 2.21. The second-order valence-electron chi connectivity index (χ2n) is 3.84. The molecule has 0 N–H and O–H groups in total. The second kappa shape index (κ2) is 4.63. The molecule has 0 aliphatic rings. The molecule has 3 heterocycles. The number of hydrogen-bond donors (Lipinski definition) is 0. The maximum absolute atomic E-state index is 6.06. The highest BCUT2D eigenvalue weighted by Gasteiger charge is 2.05. The molecule has 0 aromatic carbocycles. The Morgan fingerprint density at radius 2 is 1.78 bits per heavy atom. The van der Waals surface area contributed by atoms with E-state index in [2.05, 4.69) is 9.97 Å². The fraction of sp³-hybridized carbons (Fsp3) is 0. The molecule has 88 valence electrons. The van der Waals surface area contributed by atoms with Crippen molar-refractivity contribution < 1.29 is 0 Å². The maximum Gasteiger partial charge on any atom is 0.131 e. The Morgan fingerprint density at radius 3 is 2.50 bits per heavy atom. The number of rotatable bonds is 2. The number of halogens is 1. The van der Waals surface area contributed by atoms with E-state index < -0.39 is 0 Å². The molecule has 0 bridgehead atoms. The standard InChI is InChI=1S/C14H10ClN3/c15-14-10-11(18-7-3-4-8-18)9-13(17-14)12-5-1-2-6-16-12/h1-10H. The molecule has 3 nitrogen and oxygen atoms in total. The SMILES string of the molecule is Clc1cc(-n2cccc2)cc(-c2ccccn2)n1. The molecule has 3 rings (SSSR count). The summed E-state index contributed by atoms with van der Waals surface area (Å²) in [5.74, 6) is 0. The minimum absolute atomic E-state index is 0.460. The van der Waals surface area contributed by atoms with Crippen LogP contribution in [-0.2, 0) is 0 Å². The van der Waals surface area contributed by atoms with Crippen LogP contribution in [0.3, 0.4) is 0 Å². The molecule has 0 fully saturated rings. The van der Waals surface area contributed by atoms with Gasteiger partial charge in [0.25, 0.3) is 0 Å². The highest BCUT2D eigenvalue weighted by molar-refractivity contribution is 6.29. The van der Waals surface area contributed by atoms with E-state index in [1.165, 1.54) is 0 Å². The molecule has 3 aromatic rings. The van der Waals surface area contributed by atoms with Crippen LogP contribution in [-0.4, -0.2) is 14.5 Å². The number of pyridine rings is 2. The van der Waals surface area contributed by atoms with E-state index in [1.54, 1.807) is 6.20 Å². The minimum Gasteiger partial charge on any atom is -0.324 e. The van der Waals surface area contributed by atoms with Crippen LogP contribution in [0.15, 0.2) is 61.1 Å². The molecule has 0 aliphatic carbocycles. The van der Waals surface area contributed by atoms with Crippen LogP contribution in [0, 0.1) is 0 Å². The van der Waals surface area contributed by atoms with E-state index in [4.69, 9.17) is 11.6 Å². The molecule has 0 aliphatic heterocycles. The third-order valence-corrected chi connectivity index (χ3v) is 2.80. The first-order valence-electron chi connectivity index (χ1n) is 5.55. The molecular weight excluding hydrogens is 246 g/mol. The zero-order chi connectivity index (χ0) is 12.4. The maximum atomic E-state index is 6.06. The summed E-state index contributed by atoms with van der Waals surface area (Å²) >= 11 is 6.06. The zero-order valence-electron chi connectivity index (χ0n) is 9.49. The Balaban J connectivity index is 2.12. The van der Waals surface area contributed by atoms with Gasteiger partial charge in [-0.1, -0.05) is 17.7 Å². The van der Waals surface area contributed by atoms with E-state index in [-0.39, 0.29) is 0 Å². The number of aromatic nitrogens is 3. The molecule has 0 atom stereocenters. The first kappa shape index (κ1) is 11.0. The Hall–Kier alpha value is -2.13. The molecule has 0 unspecified atom stereocenters. The van der Waals surface area contributed by atoms with Crippen molar-refractivity contribution in [3.05, 3.63) is 66.2 Å². The molecule has 0 spiro atoms. The molecule has 18 heavy (non-hydrogen) atoms. The van der Waals surface area contributed by atoms with E-state index >= 15 is 0 Å². The monoisotopic (exact) mass is 255 g/mol. The van der Waals surface area contributed by atoms with Gasteiger partial charge >= 0.3 is 0 Å². The van der Waals surface area contributed by atoms with Crippen molar-refractivity contribution in [2.24, 2.45) is 0 Å². The third kappa shape index (κ3) is 2.13. The van der Waals surface area contributed by atoms with Crippen molar-refractivity contribution in [3.8, 4) is 17.1 Å². The first-order chi connectivity index (χ1) is 8.83. The lowest BCUT2D eigenvalue weighted by atomic mass is 10.2. The summed E-state index contributed by atoms with van der Waals surface area (Å²) in [6.45, 7) is 0. The molecular formula is C14H10ClN3. The van der Waals surface area contributed by atoms with Gasteiger partial charge in [-0.05, 0) is 36.4 Å². The molecule has 0 saturated carbocycles. The van der Waals surface area contributed by atoms with Gasteiger partial charge in [0.2, 0.25) is 0 Å². The van der Waals surface area contributed by atoms with Crippen molar-refractivity contribution in [1.29, 1.82) is 0 Å². The van der Waals surface area contributed by atoms with Crippen molar-refractivity contribution in [3.63, 3.8) is 0 Å². The summed E-state index contributed by atoms with van der Waals surface area (Å²) in [7, 11) is 0. The van der Waals surface area contributed by atoms with Crippen LogP contribution >= 0.6 is 11.6 Å². The van der Waals surface area contributed by atoms with Crippen molar-refractivity contribution in [2.75, 3.05) is 0 Å². The van der Waals surface area contributed by atoms with E-state index in [0.29, 0.717) is 5.15 Å². The Bertz CT molecular complexity index is 648.